The van der Waals surface area contributed by atoms with E-state index in [1.165, 1.54) is 0 Å². The first kappa shape index (κ1) is 18.9. The number of nitrogens with two attached hydrogens (primary N) is 1. The second-order valence-corrected chi connectivity index (χ2v) is 7.35. The predicted molar refractivity (Wildman–Crippen MR) is 97.0 cm³/mol. The summed E-state index contributed by atoms with van der Waals surface area (Å²) in [6.45, 7) is 9.88. The van der Waals surface area contributed by atoms with Crippen molar-refractivity contribution in [3.8, 4) is 0 Å². The molecule has 0 unspecified atom stereocenters. The third-order valence-corrected chi connectivity index (χ3v) is 4.11. The summed E-state index contributed by atoms with van der Waals surface area (Å²) in [7, 11) is 0. The van der Waals surface area contributed by atoms with Crippen molar-refractivity contribution in [2.24, 2.45) is 0 Å². The van der Waals surface area contributed by atoms with Gasteiger partial charge in [0, 0.05) is 37.6 Å². The van der Waals surface area contributed by atoms with E-state index in [-0.39, 0.29) is 12.5 Å². The van der Waals surface area contributed by atoms with Gasteiger partial charge in [0.25, 0.3) is 0 Å². The van der Waals surface area contributed by atoms with Crippen molar-refractivity contribution in [1.29, 1.82) is 0 Å². The Morgan fingerprint density at radius 3 is 2.32 bits per heavy atom. The Labute approximate surface area is 148 Å². The van der Waals surface area contributed by atoms with E-state index in [4.69, 9.17) is 15.6 Å². The molecule has 0 bridgehead atoms. The maximum atomic E-state index is 12.2. The summed E-state index contributed by atoms with van der Waals surface area (Å²) >= 11 is 0. The minimum atomic E-state index is -0.885. The van der Waals surface area contributed by atoms with Crippen LogP contribution in [0.4, 0.5) is 16.2 Å². The Kier molecular flexibility index (Phi) is 5.45. The highest BCUT2D eigenvalue weighted by atomic mass is 16.6. The molecule has 1 heterocycles. The van der Waals surface area contributed by atoms with E-state index < -0.39 is 11.6 Å². The molecule has 1 amide bonds. The molecule has 1 aliphatic rings. The Morgan fingerprint density at radius 2 is 1.80 bits per heavy atom. The van der Waals surface area contributed by atoms with Crippen molar-refractivity contribution < 1.29 is 19.4 Å². The first-order chi connectivity index (χ1) is 11.6. The van der Waals surface area contributed by atoms with Gasteiger partial charge >= 0.3 is 12.1 Å². The molecule has 7 nitrogen and oxygen atoms in total. The number of carbonyl (C=O) groups is 2. The molecule has 1 aliphatic heterocycles. The fraction of sp³-hybridized carbons (Fsp3) is 0.556. The van der Waals surface area contributed by atoms with Gasteiger partial charge in [0.2, 0.25) is 0 Å². The van der Waals surface area contributed by atoms with Gasteiger partial charge in [-0.2, -0.15) is 0 Å². The summed E-state index contributed by atoms with van der Waals surface area (Å²) < 4.78 is 5.41. The van der Waals surface area contributed by atoms with E-state index in [1.807, 2.05) is 33.8 Å². The number of aliphatic carboxylic acids is 1. The number of nitrogen functional groups attached to an aromatic ring is 1. The van der Waals surface area contributed by atoms with Crippen LogP contribution < -0.4 is 10.6 Å². The summed E-state index contributed by atoms with van der Waals surface area (Å²) in [6, 6.07) is 3.59. The van der Waals surface area contributed by atoms with Gasteiger partial charge in [-0.25, -0.2) is 4.79 Å². The highest BCUT2D eigenvalue weighted by Gasteiger charge is 2.26. The van der Waals surface area contributed by atoms with E-state index in [0.29, 0.717) is 37.4 Å². The van der Waals surface area contributed by atoms with E-state index in [9.17, 15) is 9.59 Å². The second kappa shape index (κ2) is 7.21. The van der Waals surface area contributed by atoms with Gasteiger partial charge in [-0.05, 0) is 51.0 Å². The van der Waals surface area contributed by atoms with Crippen molar-refractivity contribution in [2.75, 3.05) is 36.8 Å². The maximum Gasteiger partial charge on any atom is 0.410 e. The first-order valence-electron chi connectivity index (χ1n) is 8.40. The number of piperazine rings is 1. The number of carbonyl (C=O) groups excluding carboxylic acids is 1. The Bertz CT molecular complexity index is 659. The minimum absolute atomic E-state index is 0.0602. The Morgan fingerprint density at radius 1 is 1.20 bits per heavy atom. The molecule has 0 saturated carbocycles. The van der Waals surface area contributed by atoms with Crippen molar-refractivity contribution >= 4 is 23.4 Å². The van der Waals surface area contributed by atoms with Gasteiger partial charge in [0.15, 0.2) is 0 Å². The lowest BCUT2D eigenvalue weighted by atomic mass is 10.0. The molecule has 138 valence electrons. The number of anilines is 2. The minimum Gasteiger partial charge on any atom is -0.481 e. The predicted octanol–water partition coefficient (Wildman–Crippen LogP) is 2.26. The molecule has 0 spiro atoms. The zero-order valence-electron chi connectivity index (χ0n) is 15.3. The SMILES string of the molecule is Cc1c(N)cc(CC(=O)O)cc1N1CCN(C(=O)OC(C)(C)C)CC1. The molecule has 1 fully saturated rings. The van der Waals surface area contributed by atoms with Gasteiger partial charge < -0.3 is 25.4 Å². The highest BCUT2D eigenvalue weighted by Crippen LogP contribution is 2.28. The summed E-state index contributed by atoms with van der Waals surface area (Å²) in [4.78, 5) is 27.0. The number of carboxylic acids is 1. The van der Waals surface area contributed by atoms with Gasteiger partial charge in [0.1, 0.15) is 5.60 Å². The van der Waals surface area contributed by atoms with Gasteiger partial charge in [-0.1, -0.05) is 0 Å². The molecule has 1 aromatic carbocycles. The number of hydrogen-bond acceptors (Lipinski definition) is 5. The molecule has 1 saturated heterocycles. The number of ether oxygens (including phenoxy) is 1. The van der Waals surface area contributed by atoms with Crippen molar-refractivity contribution in [1.82, 2.24) is 4.90 Å². The largest absolute Gasteiger partial charge is 0.481 e. The molecule has 0 aliphatic carbocycles. The fourth-order valence-electron chi connectivity index (χ4n) is 2.84. The smallest absolute Gasteiger partial charge is 0.410 e. The summed E-state index contributed by atoms with van der Waals surface area (Å²) in [5.74, 6) is -0.885. The lowest BCUT2D eigenvalue weighted by Gasteiger charge is -2.37. The summed E-state index contributed by atoms with van der Waals surface area (Å²) in [5.41, 5.74) is 8.66. The van der Waals surface area contributed by atoms with Crippen LogP contribution in [0.5, 0.6) is 0 Å². The molecular weight excluding hydrogens is 322 g/mol. The van der Waals surface area contributed by atoms with Crippen molar-refractivity contribution in [2.45, 2.75) is 39.7 Å². The van der Waals surface area contributed by atoms with Crippen LogP contribution in [0.2, 0.25) is 0 Å². The lowest BCUT2D eigenvalue weighted by molar-refractivity contribution is -0.136. The molecule has 1 aromatic rings. The molecule has 2 rings (SSSR count). The number of amides is 1. The molecule has 0 radical (unpaired) electrons. The number of rotatable bonds is 3. The first-order valence-corrected chi connectivity index (χ1v) is 8.40. The average Bonchev–Trinajstić information content (AvgIpc) is 2.48. The third-order valence-electron chi connectivity index (χ3n) is 4.11. The second-order valence-electron chi connectivity index (χ2n) is 7.35. The summed E-state index contributed by atoms with van der Waals surface area (Å²) in [6.07, 6.45) is -0.363. The van der Waals surface area contributed by atoms with Crippen molar-refractivity contribution in [3.63, 3.8) is 0 Å². The molecular formula is C18H27N3O4. The monoisotopic (exact) mass is 349 g/mol. The number of benzene rings is 1. The zero-order valence-corrected chi connectivity index (χ0v) is 15.3. The van der Waals surface area contributed by atoms with Crippen LogP contribution in [0.25, 0.3) is 0 Å². The molecule has 7 heteroatoms. The number of hydrogen-bond donors (Lipinski definition) is 2. The topological polar surface area (TPSA) is 96.1 Å². The van der Waals surface area contributed by atoms with Crippen LogP contribution in [0, 0.1) is 6.92 Å². The van der Waals surface area contributed by atoms with E-state index >= 15 is 0 Å². The third kappa shape index (κ3) is 5.01. The van der Waals surface area contributed by atoms with E-state index in [2.05, 4.69) is 4.90 Å². The van der Waals surface area contributed by atoms with E-state index in [1.54, 1.807) is 11.0 Å². The Balaban J connectivity index is 2.08. The van der Waals surface area contributed by atoms with Crippen LogP contribution >= 0.6 is 0 Å². The van der Waals surface area contributed by atoms with Gasteiger partial charge in [0.05, 0.1) is 6.42 Å². The Hall–Kier alpha value is -2.44. The van der Waals surface area contributed by atoms with Gasteiger partial charge in [-0.15, -0.1) is 0 Å². The fourth-order valence-corrected chi connectivity index (χ4v) is 2.84. The quantitative estimate of drug-likeness (QED) is 0.813. The molecule has 3 N–H and O–H groups in total. The number of carboxylic acid groups (broad SMARTS) is 1. The van der Waals surface area contributed by atoms with Crippen LogP contribution in [-0.2, 0) is 16.0 Å². The molecule has 0 aromatic heterocycles. The standard InChI is InChI=1S/C18H27N3O4/c1-12-14(19)9-13(11-16(22)23)10-15(12)20-5-7-21(8-6-20)17(24)25-18(2,3)4/h9-10H,5-8,11,19H2,1-4H3,(H,22,23). The van der Waals surface area contributed by atoms with Gasteiger partial charge in [-0.3, -0.25) is 4.79 Å². The van der Waals surface area contributed by atoms with E-state index in [0.717, 1.165) is 11.3 Å². The molecule has 25 heavy (non-hydrogen) atoms. The van der Waals surface area contributed by atoms with Crippen LogP contribution in [-0.4, -0.2) is 53.8 Å². The van der Waals surface area contributed by atoms with Crippen LogP contribution in [0.3, 0.4) is 0 Å². The van der Waals surface area contributed by atoms with Crippen LogP contribution in [0.15, 0.2) is 12.1 Å². The number of nitrogens with zero attached hydrogens (tertiary/aromatic N) is 2. The van der Waals surface area contributed by atoms with Crippen LogP contribution in [0.1, 0.15) is 31.9 Å². The average molecular weight is 349 g/mol. The molecule has 0 atom stereocenters. The normalized spacial score (nSPS) is 15.2. The lowest BCUT2D eigenvalue weighted by Crippen LogP contribution is -2.50. The maximum absolute atomic E-state index is 12.2. The summed E-state index contributed by atoms with van der Waals surface area (Å²) in [5, 5.41) is 9.00. The highest BCUT2D eigenvalue weighted by molar-refractivity contribution is 5.74. The zero-order chi connectivity index (χ0) is 18.8. The van der Waals surface area contributed by atoms with Crippen molar-refractivity contribution in [3.05, 3.63) is 23.3 Å².